The van der Waals surface area contributed by atoms with E-state index in [0.717, 1.165) is 13.1 Å². The lowest BCUT2D eigenvalue weighted by molar-refractivity contribution is -0.145. The summed E-state index contributed by atoms with van der Waals surface area (Å²) in [5.41, 5.74) is -0.0818. The lowest BCUT2D eigenvalue weighted by atomic mass is 9.92. The number of alkyl halides is 3. The maximum absolute atomic E-state index is 12.8. The molecule has 0 aliphatic carbocycles. The molecular weight excluding hydrogens is 257 g/mol. The number of nitrogens with zero attached hydrogens (tertiary/aromatic N) is 2. The molecule has 1 aliphatic rings. The zero-order valence-electron chi connectivity index (χ0n) is 11.1. The number of anilines is 1. The molecule has 2 heterocycles. The minimum Gasteiger partial charge on any atom is -0.365 e. The molecule has 0 amide bonds. The Kier molecular flexibility index (Phi) is 3.42. The summed E-state index contributed by atoms with van der Waals surface area (Å²) in [6.07, 6.45) is -4.53. The van der Waals surface area contributed by atoms with E-state index in [1.807, 2.05) is 20.8 Å². The number of nitrogens with one attached hydrogen (secondary N) is 2. The van der Waals surface area contributed by atoms with Crippen molar-refractivity contribution in [3.8, 4) is 0 Å². The molecule has 7 heteroatoms. The van der Waals surface area contributed by atoms with Crippen LogP contribution in [-0.2, 0) is 11.6 Å². The van der Waals surface area contributed by atoms with Crippen LogP contribution in [0.5, 0.6) is 0 Å². The first-order valence-corrected chi connectivity index (χ1v) is 6.10. The quantitative estimate of drug-likeness (QED) is 0.868. The summed E-state index contributed by atoms with van der Waals surface area (Å²) in [7, 11) is 0. The van der Waals surface area contributed by atoms with E-state index in [1.54, 1.807) is 6.07 Å². The van der Waals surface area contributed by atoms with Gasteiger partial charge in [0.15, 0.2) is 0 Å². The van der Waals surface area contributed by atoms with Gasteiger partial charge in [0.2, 0.25) is 5.82 Å². The second-order valence-electron chi connectivity index (χ2n) is 5.71. The Balaban J connectivity index is 2.36. The van der Waals surface area contributed by atoms with Crippen molar-refractivity contribution < 1.29 is 13.2 Å². The van der Waals surface area contributed by atoms with E-state index in [4.69, 9.17) is 0 Å². The Morgan fingerprint density at radius 1 is 1.21 bits per heavy atom. The molecular formula is C12H17F3N4. The van der Waals surface area contributed by atoms with Gasteiger partial charge in [0.25, 0.3) is 0 Å². The highest BCUT2D eigenvalue weighted by Crippen LogP contribution is 2.30. The van der Waals surface area contributed by atoms with Gasteiger partial charge in [-0.05, 0) is 0 Å². The van der Waals surface area contributed by atoms with Crippen molar-refractivity contribution in [3.05, 3.63) is 17.6 Å². The molecule has 4 nitrogen and oxygen atoms in total. The summed E-state index contributed by atoms with van der Waals surface area (Å²) in [6.45, 7) is 6.94. The number of hydrogen-bond acceptors (Lipinski definition) is 4. The maximum Gasteiger partial charge on any atom is 0.451 e. The highest BCUT2D eigenvalue weighted by Gasteiger charge is 2.36. The number of aromatic nitrogens is 2. The van der Waals surface area contributed by atoms with Gasteiger partial charge in [-0.25, -0.2) is 9.97 Å². The summed E-state index contributed by atoms with van der Waals surface area (Å²) < 4.78 is 38.4. The molecule has 19 heavy (non-hydrogen) atoms. The van der Waals surface area contributed by atoms with Crippen molar-refractivity contribution in [2.75, 3.05) is 18.4 Å². The highest BCUT2D eigenvalue weighted by molar-refractivity contribution is 5.40. The van der Waals surface area contributed by atoms with Gasteiger partial charge in [0, 0.05) is 24.6 Å². The van der Waals surface area contributed by atoms with Gasteiger partial charge >= 0.3 is 6.18 Å². The average Bonchev–Trinajstić information content (AvgIpc) is 2.21. The molecule has 1 aromatic heterocycles. The summed E-state index contributed by atoms with van der Waals surface area (Å²) in [6, 6.07) is 1.72. The molecule has 2 N–H and O–H groups in total. The van der Waals surface area contributed by atoms with E-state index in [1.165, 1.54) is 0 Å². The minimum absolute atomic E-state index is 0.129. The van der Waals surface area contributed by atoms with Gasteiger partial charge in [-0.1, -0.05) is 20.8 Å². The maximum atomic E-state index is 12.8. The molecule has 2 rings (SSSR count). The molecule has 0 bridgehead atoms. The number of hydrogen-bond donors (Lipinski definition) is 2. The van der Waals surface area contributed by atoms with Crippen molar-refractivity contribution in [2.45, 2.75) is 38.4 Å². The zero-order valence-corrected chi connectivity index (χ0v) is 11.1. The number of halogens is 3. The fraction of sp³-hybridized carbons (Fsp3) is 0.667. The van der Waals surface area contributed by atoms with Crippen LogP contribution in [0.3, 0.4) is 0 Å². The Morgan fingerprint density at radius 3 is 2.26 bits per heavy atom. The minimum atomic E-state index is -4.53. The van der Waals surface area contributed by atoms with Crippen LogP contribution in [0.15, 0.2) is 6.07 Å². The summed E-state index contributed by atoms with van der Waals surface area (Å²) in [5, 5.41) is 6.03. The van der Waals surface area contributed by atoms with Crippen molar-refractivity contribution in [2.24, 2.45) is 0 Å². The zero-order chi connectivity index (χ0) is 14.3. The molecule has 0 atom stereocenters. The molecule has 1 fully saturated rings. The molecule has 106 valence electrons. The molecule has 0 radical (unpaired) electrons. The standard InChI is InChI=1S/C12H17F3N4/c1-11(2,3)8-4-9(17-7-5-16-6-7)19-10(18-8)12(13,14)15/h4,7,16H,5-6H2,1-3H3,(H,17,18,19). The van der Waals surface area contributed by atoms with E-state index in [9.17, 15) is 13.2 Å². The lowest BCUT2D eigenvalue weighted by Crippen LogP contribution is -2.51. The van der Waals surface area contributed by atoms with E-state index < -0.39 is 17.4 Å². The third-order valence-electron chi connectivity index (χ3n) is 2.88. The van der Waals surface area contributed by atoms with Crippen LogP contribution in [0.4, 0.5) is 19.0 Å². The van der Waals surface area contributed by atoms with Crippen LogP contribution in [0, 0.1) is 0 Å². The molecule has 1 aliphatic heterocycles. The van der Waals surface area contributed by atoms with Crippen molar-refractivity contribution in [3.63, 3.8) is 0 Å². The van der Waals surface area contributed by atoms with E-state index in [2.05, 4.69) is 20.6 Å². The second kappa shape index (κ2) is 4.63. The Bertz CT molecular complexity index is 429. The first-order chi connectivity index (χ1) is 8.66. The lowest BCUT2D eigenvalue weighted by Gasteiger charge is -2.29. The van der Waals surface area contributed by atoms with Crippen molar-refractivity contribution in [1.29, 1.82) is 0 Å². The van der Waals surface area contributed by atoms with Crippen LogP contribution in [-0.4, -0.2) is 29.1 Å². The Labute approximate surface area is 109 Å². The predicted octanol–water partition coefficient (Wildman–Crippen LogP) is 2.18. The second-order valence-corrected chi connectivity index (χ2v) is 5.71. The molecule has 0 unspecified atom stereocenters. The Morgan fingerprint density at radius 2 is 1.84 bits per heavy atom. The van der Waals surface area contributed by atoms with Gasteiger partial charge in [0.1, 0.15) is 5.82 Å². The monoisotopic (exact) mass is 274 g/mol. The van der Waals surface area contributed by atoms with E-state index in [-0.39, 0.29) is 11.9 Å². The largest absolute Gasteiger partial charge is 0.451 e. The molecule has 0 spiro atoms. The van der Waals surface area contributed by atoms with Crippen LogP contribution in [0.1, 0.15) is 32.3 Å². The van der Waals surface area contributed by atoms with E-state index >= 15 is 0 Å². The normalized spacial score (nSPS) is 17.2. The molecule has 0 saturated carbocycles. The smallest absolute Gasteiger partial charge is 0.365 e. The first-order valence-electron chi connectivity index (χ1n) is 6.10. The van der Waals surface area contributed by atoms with Crippen LogP contribution in [0.2, 0.25) is 0 Å². The fourth-order valence-corrected chi connectivity index (χ4v) is 1.63. The van der Waals surface area contributed by atoms with Crippen molar-refractivity contribution >= 4 is 5.82 Å². The first kappa shape index (κ1) is 14.0. The predicted molar refractivity (Wildman–Crippen MR) is 66.0 cm³/mol. The summed E-state index contributed by atoms with van der Waals surface area (Å²) >= 11 is 0. The molecule has 1 saturated heterocycles. The summed E-state index contributed by atoms with van der Waals surface area (Å²) in [4.78, 5) is 7.20. The van der Waals surface area contributed by atoms with Crippen LogP contribution >= 0.6 is 0 Å². The van der Waals surface area contributed by atoms with Crippen molar-refractivity contribution in [1.82, 2.24) is 15.3 Å². The summed E-state index contributed by atoms with van der Waals surface area (Å²) in [5.74, 6) is -0.853. The third kappa shape index (κ3) is 3.34. The third-order valence-corrected chi connectivity index (χ3v) is 2.88. The van der Waals surface area contributed by atoms with Gasteiger partial charge in [-0.3, -0.25) is 0 Å². The topological polar surface area (TPSA) is 49.8 Å². The van der Waals surface area contributed by atoms with Crippen LogP contribution < -0.4 is 10.6 Å². The SMILES string of the molecule is CC(C)(C)c1cc(NC2CNC2)nc(C(F)(F)F)n1. The van der Waals surface area contributed by atoms with Gasteiger partial charge in [-0.2, -0.15) is 13.2 Å². The van der Waals surface area contributed by atoms with Gasteiger partial charge < -0.3 is 10.6 Å². The molecule has 1 aromatic rings. The Hall–Kier alpha value is -1.37. The van der Waals surface area contributed by atoms with Gasteiger partial charge in [-0.15, -0.1) is 0 Å². The average molecular weight is 274 g/mol. The van der Waals surface area contributed by atoms with E-state index in [0.29, 0.717) is 5.69 Å². The van der Waals surface area contributed by atoms with Crippen LogP contribution in [0.25, 0.3) is 0 Å². The highest BCUT2D eigenvalue weighted by atomic mass is 19.4. The number of rotatable bonds is 2. The molecule has 0 aromatic carbocycles. The fourth-order valence-electron chi connectivity index (χ4n) is 1.63. The van der Waals surface area contributed by atoms with Gasteiger partial charge in [0.05, 0.1) is 11.7 Å².